The second-order valence-corrected chi connectivity index (χ2v) is 5.90. The summed E-state index contributed by atoms with van der Waals surface area (Å²) in [5.41, 5.74) is -0.0275. The molecule has 9 nitrogen and oxygen atoms in total. The Kier molecular flexibility index (Phi) is 4.37. The number of hydrogen-bond donors (Lipinski definition) is 1. The Hall–Kier alpha value is -3.36. The predicted octanol–water partition coefficient (Wildman–Crippen LogP) is 0.642. The molecule has 1 atom stereocenters. The van der Waals surface area contributed by atoms with Gasteiger partial charge in [0, 0.05) is 14.1 Å². The van der Waals surface area contributed by atoms with Crippen LogP contribution in [0.5, 0.6) is 5.75 Å². The van der Waals surface area contributed by atoms with Crippen molar-refractivity contribution in [2.75, 3.05) is 12.4 Å². The fraction of sp³-hybridized carbons (Fsp3) is 0.294. The van der Waals surface area contributed by atoms with Gasteiger partial charge in [-0.2, -0.15) is 0 Å². The van der Waals surface area contributed by atoms with Crippen LogP contribution in [0.1, 0.15) is 13.0 Å². The Morgan fingerprint density at radius 3 is 2.58 bits per heavy atom. The number of benzene rings is 1. The largest absolute Gasteiger partial charge is 0.495 e. The molecule has 0 spiro atoms. The standard InChI is InChI=1S/C17H19N5O4/c1-10(15(23)19-11-7-5-6-8-12(11)26-4)22-9-18-14-13(22)16(24)21(3)17(25)20(14)2/h5-10H,1-4H3,(H,19,23). The van der Waals surface area contributed by atoms with E-state index in [9.17, 15) is 14.4 Å². The highest BCUT2D eigenvalue weighted by atomic mass is 16.5. The highest BCUT2D eigenvalue weighted by Gasteiger charge is 2.22. The molecule has 1 N–H and O–H groups in total. The first-order valence-corrected chi connectivity index (χ1v) is 7.93. The number of amides is 1. The van der Waals surface area contributed by atoms with E-state index in [2.05, 4.69) is 10.3 Å². The van der Waals surface area contributed by atoms with Gasteiger partial charge in [0.05, 0.1) is 19.1 Å². The minimum absolute atomic E-state index is 0.192. The van der Waals surface area contributed by atoms with Gasteiger partial charge >= 0.3 is 5.69 Å². The highest BCUT2D eigenvalue weighted by Crippen LogP contribution is 2.24. The molecular weight excluding hydrogens is 338 g/mol. The van der Waals surface area contributed by atoms with Gasteiger partial charge in [0.15, 0.2) is 11.2 Å². The summed E-state index contributed by atoms with van der Waals surface area (Å²) in [7, 11) is 4.43. The molecule has 1 amide bonds. The second kappa shape index (κ2) is 6.51. The lowest BCUT2D eigenvalue weighted by molar-refractivity contribution is -0.118. The first-order valence-electron chi connectivity index (χ1n) is 7.93. The molecule has 0 fully saturated rings. The molecule has 0 saturated heterocycles. The van der Waals surface area contributed by atoms with Crippen LogP contribution in [0.25, 0.3) is 11.2 Å². The number of aryl methyl sites for hydroxylation is 1. The minimum atomic E-state index is -0.727. The van der Waals surface area contributed by atoms with Crippen molar-refractivity contribution in [2.24, 2.45) is 14.1 Å². The Bertz CT molecular complexity index is 1110. The van der Waals surface area contributed by atoms with Gasteiger partial charge in [-0.05, 0) is 19.1 Å². The summed E-state index contributed by atoms with van der Waals surface area (Å²) >= 11 is 0. The first-order chi connectivity index (χ1) is 12.4. The molecule has 3 rings (SSSR count). The van der Waals surface area contributed by atoms with Crippen LogP contribution in [0.4, 0.5) is 5.69 Å². The summed E-state index contributed by atoms with van der Waals surface area (Å²) in [6, 6.07) is 6.30. The highest BCUT2D eigenvalue weighted by molar-refractivity contribution is 5.95. The molecule has 3 aromatic rings. The van der Waals surface area contributed by atoms with E-state index >= 15 is 0 Å². The maximum Gasteiger partial charge on any atom is 0.332 e. The van der Waals surface area contributed by atoms with Gasteiger partial charge in [-0.25, -0.2) is 9.78 Å². The topological polar surface area (TPSA) is 100 Å². The summed E-state index contributed by atoms with van der Waals surface area (Å²) < 4.78 is 8.95. The van der Waals surface area contributed by atoms with Gasteiger partial charge in [0.2, 0.25) is 5.91 Å². The number of carbonyl (C=O) groups is 1. The fourth-order valence-electron chi connectivity index (χ4n) is 2.77. The zero-order chi connectivity index (χ0) is 19.0. The van der Waals surface area contributed by atoms with Crippen molar-refractivity contribution in [3.05, 3.63) is 51.4 Å². The van der Waals surface area contributed by atoms with Crippen molar-refractivity contribution in [3.63, 3.8) is 0 Å². The van der Waals surface area contributed by atoms with E-state index in [4.69, 9.17) is 4.74 Å². The van der Waals surface area contributed by atoms with Crippen LogP contribution in [0.3, 0.4) is 0 Å². The molecule has 2 aromatic heterocycles. The Morgan fingerprint density at radius 1 is 1.19 bits per heavy atom. The number of hydrogen-bond acceptors (Lipinski definition) is 5. The molecule has 0 saturated carbocycles. The number of nitrogens with one attached hydrogen (secondary N) is 1. The predicted molar refractivity (Wildman–Crippen MR) is 96.5 cm³/mol. The average Bonchev–Trinajstić information content (AvgIpc) is 3.09. The second-order valence-electron chi connectivity index (χ2n) is 5.90. The van der Waals surface area contributed by atoms with Gasteiger partial charge in [0.1, 0.15) is 11.8 Å². The number of fused-ring (bicyclic) bond motifs is 1. The van der Waals surface area contributed by atoms with Crippen molar-refractivity contribution in [2.45, 2.75) is 13.0 Å². The number of anilines is 1. The summed E-state index contributed by atoms with van der Waals surface area (Å²) in [4.78, 5) is 41.3. The summed E-state index contributed by atoms with van der Waals surface area (Å²) in [6.45, 7) is 1.65. The number of rotatable bonds is 4. The molecule has 0 bridgehead atoms. The van der Waals surface area contributed by atoms with Crippen LogP contribution in [-0.2, 0) is 18.9 Å². The first kappa shape index (κ1) is 17.5. The maximum atomic E-state index is 12.7. The molecule has 1 unspecified atom stereocenters. The van der Waals surface area contributed by atoms with E-state index in [1.165, 1.54) is 36.7 Å². The summed E-state index contributed by atoms with van der Waals surface area (Å²) in [5, 5.41) is 2.78. The smallest absolute Gasteiger partial charge is 0.332 e. The zero-order valence-corrected chi connectivity index (χ0v) is 14.9. The average molecular weight is 357 g/mol. The Balaban J connectivity index is 2.03. The third kappa shape index (κ3) is 2.67. The van der Waals surface area contributed by atoms with Crippen molar-refractivity contribution < 1.29 is 9.53 Å². The number of imidazole rings is 1. The summed E-state index contributed by atoms with van der Waals surface area (Å²) in [6.07, 6.45) is 1.39. The summed E-state index contributed by atoms with van der Waals surface area (Å²) in [5.74, 6) is 0.187. The Labute approximate surface area is 148 Å². The van der Waals surface area contributed by atoms with Crippen molar-refractivity contribution in [3.8, 4) is 5.75 Å². The van der Waals surface area contributed by atoms with Crippen molar-refractivity contribution in [1.29, 1.82) is 0 Å². The van der Waals surface area contributed by atoms with Crippen molar-refractivity contribution >= 4 is 22.8 Å². The molecular formula is C17H19N5O4. The van der Waals surface area contributed by atoms with E-state index < -0.39 is 17.3 Å². The maximum absolute atomic E-state index is 12.7. The Morgan fingerprint density at radius 2 is 1.88 bits per heavy atom. The van der Waals surface area contributed by atoms with Crippen LogP contribution in [0, 0.1) is 0 Å². The number of ether oxygens (including phenoxy) is 1. The van der Waals surface area contributed by atoms with Crippen LogP contribution in [0.2, 0.25) is 0 Å². The van der Waals surface area contributed by atoms with E-state index in [0.717, 1.165) is 4.57 Å². The third-order valence-corrected chi connectivity index (χ3v) is 4.33. The number of nitrogens with zero attached hydrogens (tertiary/aromatic N) is 4. The molecule has 136 valence electrons. The lowest BCUT2D eigenvalue weighted by atomic mass is 10.2. The molecule has 0 radical (unpaired) electrons. The van der Waals surface area contributed by atoms with Crippen LogP contribution >= 0.6 is 0 Å². The molecule has 0 aliphatic carbocycles. The van der Waals surface area contributed by atoms with E-state index in [1.807, 2.05) is 0 Å². The van der Waals surface area contributed by atoms with E-state index in [-0.39, 0.29) is 17.1 Å². The number of methoxy groups -OCH3 is 1. The minimum Gasteiger partial charge on any atom is -0.495 e. The van der Waals surface area contributed by atoms with Gasteiger partial charge in [-0.3, -0.25) is 18.7 Å². The van der Waals surface area contributed by atoms with E-state index in [1.54, 1.807) is 31.2 Å². The fourth-order valence-corrected chi connectivity index (χ4v) is 2.77. The molecule has 1 aromatic carbocycles. The molecule has 26 heavy (non-hydrogen) atoms. The molecule has 2 heterocycles. The lowest BCUT2D eigenvalue weighted by Crippen LogP contribution is -2.38. The normalized spacial score (nSPS) is 12.2. The molecule has 0 aliphatic heterocycles. The third-order valence-electron chi connectivity index (χ3n) is 4.33. The van der Waals surface area contributed by atoms with Gasteiger partial charge in [-0.1, -0.05) is 12.1 Å². The zero-order valence-electron chi connectivity index (χ0n) is 14.9. The van der Waals surface area contributed by atoms with Crippen LogP contribution in [-0.4, -0.2) is 31.7 Å². The number of carbonyl (C=O) groups excluding carboxylic acids is 1. The molecule has 0 aliphatic rings. The SMILES string of the molecule is COc1ccccc1NC(=O)C(C)n1cnc2c1c(=O)n(C)c(=O)n2C. The molecule has 9 heteroatoms. The number of para-hydroxylation sites is 2. The van der Waals surface area contributed by atoms with Gasteiger partial charge < -0.3 is 14.6 Å². The quantitative estimate of drug-likeness (QED) is 0.739. The van der Waals surface area contributed by atoms with Crippen LogP contribution in [0.15, 0.2) is 40.2 Å². The van der Waals surface area contributed by atoms with Crippen molar-refractivity contribution in [1.82, 2.24) is 18.7 Å². The van der Waals surface area contributed by atoms with Crippen LogP contribution < -0.4 is 21.3 Å². The van der Waals surface area contributed by atoms with Gasteiger partial charge in [0.25, 0.3) is 5.56 Å². The monoisotopic (exact) mass is 357 g/mol. The van der Waals surface area contributed by atoms with E-state index in [0.29, 0.717) is 11.4 Å². The van der Waals surface area contributed by atoms with Gasteiger partial charge in [-0.15, -0.1) is 0 Å². The lowest BCUT2D eigenvalue weighted by Gasteiger charge is -2.16. The number of aromatic nitrogens is 4.